The van der Waals surface area contributed by atoms with Crippen molar-refractivity contribution in [3.63, 3.8) is 0 Å². The summed E-state index contributed by atoms with van der Waals surface area (Å²) in [4.78, 5) is 45.0. The van der Waals surface area contributed by atoms with E-state index in [2.05, 4.69) is 40.6 Å². The van der Waals surface area contributed by atoms with Crippen LogP contribution in [0.4, 0.5) is 29.1 Å². The topological polar surface area (TPSA) is 160 Å². The summed E-state index contributed by atoms with van der Waals surface area (Å²) in [6.45, 7) is 4.41. The van der Waals surface area contributed by atoms with E-state index in [1.165, 1.54) is 11.0 Å². The first-order valence-electron chi connectivity index (χ1n) is 12.1. The van der Waals surface area contributed by atoms with E-state index >= 15 is 0 Å². The minimum absolute atomic E-state index is 0.0787. The lowest BCUT2D eigenvalue weighted by molar-refractivity contribution is -0.128. The molecule has 194 valence electrons. The van der Waals surface area contributed by atoms with E-state index in [1.54, 1.807) is 61.8 Å². The highest BCUT2D eigenvalue weighted by molar-refractivity contribution is 6.04. The molecule has 13 nitrogen and oxygen atoms in total. The molecule has 4 aromatic rings. The minimum atomic E-state index is -0.220. The number of hydrogen-bond donors (Lipinski definition) is 3. The predicted octanol–water partition coefficient (Wildman–Crippen LogP) is 2.09. The monoisotopic (exact) mass is 513 g/mol. The maximum Gasteiger partial charge on any atom is 0.255 e. The standard InChI is InChI=1S/C25H27N11O2/c1-17(37)34-11-2-12-35(14-13-34)21-15-22(29-16-28-21)36-24(26)32-25(33-36)31-20-5-3-19(4-6-20)30-23(38)18-7-9-27-10-8-18/h3-10,15-16H,2,11-14H2,1H3,(H,30,38)(H3,26,31,32,33). The molecule has 1 aliphatic rings. The van der Waals surface area contributed by atoms with Crippen LogP contribution in [0.25, 0.3) is 5.82 Å². The van der Waals surface area contributed by atoms with Crippen molar-refractivity contribution in [2.75, 3.05) is 47.4 Å². The van der Waals surface area contributed by atoms with Crippen LogP contribution in [0, 0.1) is 0 Å². The Hall–Kier alpha value is -5.07. The summed E-state index contributed by atoms with van der Waals surface area (Å²) in [5.74, 6) is 1.53. The Morgan fingerprint density at radius 2 is 1.66 bits per heavy atom. The zero-order valence-electron chi connectivity index (χ0n) is 20.8. The van der Waals surface area contributed by atoms with Crippen LogP contribution >= 0.6 is 0 Å². The molecule has 1 aliphatic heterocycles. The second-order valence-electron chi connectivity index (χ2n) is 8.68. The number of nitrogen functional groups attached to an aromatic ring is 1. The number of aromatic nitrogens is 6. The van der Waals surface area contributed by atoms with Gasteiger partial charge in [-0.25, -0.2) is 9.97 Å². The highest BCUT2D eigenvalue weighted by atomic mass is 16.2. The molecule has 0 radical (unpaired) electrons. The molecule has 0 saturated carbocycles. The van der Waals surface area contributed by atoms with Gasteiger partial charge in [0, 0.05) is 68.5 Å². The number of benzene rings is 1. The van der Waals surface area contributed by atoms with Gasteiger partial charge in [0.05, 0.1) is 0 Å². The van der Waals surface area contributed by atoms with Crippen LogP contribution in [-0.4, -0.2) is 72.6 Å². The molecule has 0 aliphatic carbocycles. The number of rotatable bonds is 6. The lowest BCUT2D eigenvalue weighted by Gasteiger charge is -2.22. The second kappa shape index (κ2) is 10.9. The zero-order chi connectivity index (χ0) is 26.5. The number of pyridine rings is 1. The predicted molar refractivity (Wildman–Crippen MR) is 142 cm³/mol. The Labute approximate surface area is 218 Å². The molecule has 3 aromatic heterocycles. The quantitative estimate of drug-likeness (QED) is 0.348. The molecule has 0 spiro atoms. The van der Waals surface area contributed by atoms with Crippen LogP contribution in [0.15, 0.2) is 61.2 Å². The Balaban J connectivity index is 1.25. The fraction of sp³-hybridized carbons (Fsp3) is 0.240. The lowest BCUT2D eigenvalue weighted by Crippen LogP contribution is -2.33. The van der Waals surface area contributed by atoms with Gasteiger partial charge in [-0.2, -0.15) is 9.67 Å². The molecular weight excluding hydrogens is 486 g/mol. The van der Waals surface area contributed by atoms with Crippen molar-refractivity contribution in [1.29, 1.82) is 0 Å². The van der Waals surface area contributed by atoms with Gasteiger partial charge in [-0.15, -0.1) is 5.10 Å². The third-order valence-corrected chi connectivity index (χ3v) is 6.09. The van der Waals surface area contributed by atoms with E-state index in [1.807, 2.05) is 4.90 Å². The molecule has 0 bridgehead atoms. The van der Waals surface area contributed by atoms with Crippen LogP contribution in [0.2, 0.25) is 0 Å². The maximum atomic E-state index is 12.3. The van der Waals surface area contributed by atoms with Crippen molar-refractivity contribution in [1.82, 2.24) is 34.6 Å². The maximum absolute atomic E-state index is 12.3. The average molecular weight is 514 g/mol. The molecule has 2 amide bonds. The molecule has 4 heterocycles. The normalized spacial score (nSPS) is 13.6. The smallest absolute Gasteiger partial charge is 0.255 e. The Kier molecular flexibility index (Phi) is 7.06. The number of amides is 2. The van der Waals surface area contributed by atoms with Gasteiger partial charge in [-0.3, -0.25) is 14.6 Å². The number of carbonyl (C=O) groups excluding carboxylic acids is 2. The third kappa shape index (κ3) is 5.67. The largest absolute Gasteiger partial charge is 0.368 e. The molecule has 4 N–H and O–H groups in total. The summed E-state index contributed by atoms with van der Waals surface area (Å²) < 4.78 is 1.44. The van der Waals surface area contributed by atoms with Gasteiger partial charge in [0.2, 0.25) is 17.8 Å². The fourth-order valence-corrected chi connectivity index (χ4v) is 4.11. The van der Waals surface area contributed by atoms with E-state index in [-0.39, 0.29) is 17.8 Å². The second-order valence-corrected chi connectivity index (χ2v) is 8.68. The summed E-state index contributed by atoms with van der Waals surface area (Å²) in [5.41, 5.74) is 8.03. The number of anilines is 5. The number of nitrogens with two attached hydrogens (primary N) is 1. The number of hydrogen-bond acceptors (Lipinski definition) is 10. The van der Waals surface area contributed by atoms with E-state index in [4.69, 9.17) is 5.73 Å². The van der Waals surface area contributed by atoms with Crippen molar-refractivity contribution in [2.45, 2.75) is 13.3 Å². The summed E-state index contributed by atoms with van der Waals surface area (Å²) in [5, 5.41) is 10.4. The SMILES string of the molecule is CC(=O)N1CCCN(c2cc(-n3nc(Nc4ccc(NC(=O)c5ccncc5)cc4)nc3N)ncn2)CC1. The molecule has 1 saturated heterocycles. The van der Waals surface area contributed by atoms with Crippen LogP contribution in [-0.2, 0) is 4.79 Å². The fourth-order valence-electron chi connectivity index (χ4n) is 4.11. The summed E-state index contributed by atoms with van der Waals surface area (Å²) >= 11 is 0. The third-order valence-electron chi connectivity index (χ3n) is 6.09. The molecule has 5 rings (SSSR count). The van der Waals surface area contributed by atoms with Gasteiger partial charge in [-0.1, -0.05) is 0 Å². The van der Waals surface area contributed by atoms with E-state index < -0.39 is 0 Å². The Morgan fingerprint density at radius 1 is 0.921 bits per heavy atom. The highest BCUT2D eigenvalue weighted by Crippen LogP contribution is 2.21. The van der Waals surface area contributed by atoms with E-state index in [0.29, 0.717) is 41.8 Å². The molecule has 38 heavy (non-hydrogen) atoms. The number of nitrogens with zero attached hydrogens (tertiary/aromatic N) is 8. The summed E-state index contributed by atoms with van der Waals surface area (Å²) in [6, 6.07) is 12.2. The van der Waals surface area contributed by atoms with Crippen LogP contribution in [0.1, 0.15) is 23.7 Å². The Morgan fingerprint density at radius 3 is 2.42 bits per heavy atom. The molecule has 1 fully saturated rings. The van der Waals surface area contributed by atoms with Crippen molar-refractivity contribution >= 4 is 40.9 Å². The molecule has 13 heteroatoms. The Bertz CT molecular complexity index is 1420. The highest BCUT2D eigenvalue weighted by Gasteiger charge is 2.19. The van der Waals surface area contributed by atoms with E-state index in [0.717, 1.165) is 25.3 Å². The zero-order valence-corrected chi connectivity index (χ0v) is 20.8. The lowest BCUT2D eigenvalue weighted by atomic mass is 10.2. The molecule has 1 aromatic carbocycles. The van der Waals surface area contributed by atoms with Crippen LogP contribution in [0.3, 0.4) is 0 Å². The van der Waals surface area contributed by atoms with Gasteiger partial charge in [0.15, 0.2) is 5.82 Å². The van der Waals surface area contributed by atoms with Crippen molar-refractivity contribution < 1.29 is 9.59 Å². The van der Waals surface area contributed by atoms with Crippen molar-refractivity contribution in [2.24, 2.45) is 0 Å². The van der Waals surface area contributed by atoms with Gasteiger partial charge >= 0.3 is 0 Å². The number of carbonyl (C=O) groups is 2. The first-order valence-corrected chi connectivity index (χ1v) is 12.1. The summed E-state index contributed by atoms with van der Waals surface area (Å²) in [6.07, 6.45) is 5.45. The minimum Gasteiger partial charge on any atom is -0.368 e. The molecule has 0 atom stereocenters. The molecule has 0 unspecified atom stereocenters. The van der Waals surface area contributed by atoms with Gasteiger partial charge in [0.1, 0.15) is 12.1 Å². The van der Waals surface area contributed by atoms with Crippen LogP contribution in [0.5, 0.6) is 0 Å². The first-order chi connectivity index (χ1) is 18.5. The van der Waals surface area contributed by atoms with E-state index in [9.17, 15) is 9.59 Å². The van der Waals surface area contributed by atoms with Gasteiger partial charge in [-0.05, 0) is 42.8 Å². The van der Waals surface area contributed by atoms with Gasteiger partial charge in [0.25, 0.3) is 5.91 Å². The number of nitrogens with one attached hydrogen (secondary N) is 2. The average Bonchev–Trinajstić information content (AvgIpc) is 3.12. The van der Waals surface area contributed by atoms with Gasteiger partial charge < -0.3 is 26.2 Å². The first kappa shape index (κ1) is 24.6. The summed E-state index contributed by atoms with van der Waals surface area (Å²) in [7, 11) is 0. The van der Waals surface area contributed by atoms with Crippen molar-refractivity contribution in [3.05, 3.63) is 66.7 Å². The van der Waals surface area contributed by atoms with Crippen molar-refractivity contribution in [3.8, 4) is 5.82 Å². The molecular formula is C25H27N11O2. The van der Waals surface area contributed by atoms with Crippen LogP contribution < -0.4 is 21.3 Å².